The van der Waals surface area contributed by atoms with E-state index in [1.165, 1.54) is 0 Å². The van der Waals surface area contributed by atoms with Gasteiger partial charge in [-0.25, -0.2) is 0 Å². The predicted molar refractivity (Wildman–Crippen MR) is 30.3 cm³/mol. The molecule has 0 aromatic carbocycles. The quantitative estimate of drug-likeness (QED) is 0.505. The number of aliphatic imine (C=N–C) groups is 1. The van der Waals surface area contributed by atoms with Crippen LogP contribution in [0.15, 0.2) is 16.4 Å². The monoisotopic (exact) mass is 96.1 g/mol. The first-order valence-corrected chi connectivity index (χ1v) is 2.27. The second-order valence-electron chi connectivity index (χ2n) is 1.51. The standard InChI is InChI=1S/C5H8N2/c1-4-5(6-2)3-7-4/h3,6H,1-2H3. The third kappa shape index (κ3) is 0.515. The van der Waals surface area contributed by atoms with Crippen molar-refractivity contribution < 1.29 is 0 Å². The predicted octanol–water partition coefficient (Wildman–Crippen LogP) is 0.522. The Balaban J connectivity index is 2.56. The zero-order valence-corrected chi connectivity index (χ0v) is 4.52. The van der Waals surface area contributed by atoms with Crippen LogP contribution in [0.3, 0.4) is 0 Å². The van der Waals surface area contributed by atoms with Gasteiger partial charge in [0.15, 0.2) is 0 Å². The van der Waals surface area contributed by atoms with Crippen LogP contribution in [0.2, 0.25) is 0 Å². The molecular weight excluding hydrogens is 88.1 g/mol. The van der Waals surface area contributed by atoms with E-state index >= 15 is 0 Å². The average Bonchev–Trinajstić information content (AvgIpc) is 1.65. The first-order valence-electron chi connectivity index (χ1n) is 2.27. The van der Waals surface area contributed by atoms with E-state index in [-0.39, 0.29) is 0 Å². The summed E-state index contributed by atoms with van der Waals surface area (Å²) in [5.41, 5.74) is 2.25. The molecule has 0 atom stereocenters. The van der Waals surface area contributed by atoms with E-state index in [2.05, 4.69) is 10.3 Å². The third-order valence-electron chi connectivity index (χ3n) is 1.05. The second kappa shape index (κ2) is 1.37. The summed E-state index contributed by atoms with van der Waals surface area (Å²) in [5, 5.41) is 2.98. The van der Waals surface area contributed by atoms with Gasteiger partial charge in [0.05, 0.1) is 17.6 Å². The minimum absolute atomic E-state index is 1.10. The van der Waals surface area contributed by atoms with Crippen LogP contribution in [0, 0.1) is 0 Å². The summed E-state index contributed by atoms with van der Waals surface area (Å²) in [6.07, 6.45) is 1.81. The molecule has 0 unspecified atom stereocenters. The Labute approximate surface area is 42.9 Å². The second-order valence-corrected chi connectivity index (χ2v) is 1.51. The molecule has 0 bridgehead atoms. The Morgan fingerprint density at radius 3 is 2.43 bits per heavy atom. The highest BCUT2D eigenvalue weighted by molar-refractivity contribution is 5.85. The first kappa shape index (κ1) is 4.37. The topological polar surface area (TPSA) is 24.4 Å². The van der Waals surface area contributed by atoms with Gasteiger partial charge in [-0.2, -0.15) is 0 Å². The van der Waals surface area contributed by atoms with E-state index in [1.807, 2.05) is 20.2 Å². The van der Waals surface area contributed by atoms with Gasteiger partial charge in [0.25, 0.3) is 0 Å². The third-order valence-corrected chi connectivity index (χ3v) is 1.05. The molecule has 1 aliphatic heterocycles. The molecule has 38 valence electrons. The molecular formula is C5H8N2. The highest BCUT2D eigenvalue weighted by Gasteiger charge is 2.01. The van der Waals surface area contributed by atoms with Crippen LogP contribution < -0.4 is 5.32 Å². The Morgan fingerprint density at radius 1 is 1.71 bits per heavy atom. The summed E-state index contributed by atoms with van der Waals surface area (Å²) in [5.74, 6) is 0. The minimum atomic E-state index is 1.10. The number of nitrogens with zero attached hydrogens (tertiary/aromatic N) is 1. The molecule has 2 nitrogen and oxygen atoms in total. The Kier molecular flexibility index (Phi) is 0.855. The summed E-state index contributed by atoms with van der Waals surface area (Å²) in [6.45, 7) is 1.98. The Hall–Kier alpha value is -0.790. The van der Waals surface area contributed by atoms with Gasteiger partial charge in [0.2, 0.25) is 0 Å². The van der Waals surface area contributed by atoms with E-state index < -0.39 is 0 Å². The van der Waals surface area contributed by atoms with E-state index in [1.54, 1.807) is 0 Å². The molecule has 0 aromatic heterocycles. The highest BCUT2D eigenvalue weighted by Crippen LogP contribution is 2.07. The maximum Gasteiger partial charge on any atom is 0.0739 e. The Bertz CT molecular complexity index is 133. The largest absolute Gasteiger partial charge is 0.385 e. The van der Waals surface area contributed by atoms with E-state index in [0.29, 0.717) is 0 Å². The molecule has 2 heteroatoms. The van der Waals surface area contributed by atoms with Crippen molar-refractivity contribution in [1.29, 1.82) is 0 Å². The van der Waals surface area contributed by atoms with Gasteiger partial charge >= 0.3 is 0 Å². The maximum atomic E-state index is 3.91. The van der Waals surface area contributed by atoms with Crippen molar-refractivity contribution in [2.75, 3.05) is 7.05 Å². The molecule has 0 amide bonds. The smallest absolute Gasteiger partial charge is 0.0739 e. The van der Waals surface area contributed by atoms with Crippen LogP contribution in [0.4, 0.5) is 0 Å². The van der Waals surface area contributed by atoms with Crippen LogP contribution in [-0.4, -0.2) is 13.3 Å². The summed E-state index contributed by atoms with van der Waals surface area (Å²) in [7, 11) is 1.89. The van der Waals surface area contributed by atoms with Gasteiger partial charge in [-0.15, -0.1) is 0 Å². The number of hydrogen-bond donors (Lipinski definition) is 1. The van der Waals surface area contributed by atoms with Gasteiger partial charge in [-0.1, -0.05) is 0 Å². The molecule has 0 radical (unpaired) electrons. The van der Waals surface area contributed by atoms with Crippen LogP contribution >= 0.6 is 0 Å². The molecule has 0 fully saturated rings. The number of allylic oxidation sites excluding steroid dienone is 2. The molecule has 0 aliphatic carbocycles. The van der Waals surface area contributed by atoms with Gasteiger partial charge in [0.1, 0.15) is 0 Å². The van der Waals surface area contributed by atoms with Crippen LogP contribution in [0.25, 0.3) is 0 Å². The lowest BCUT2D eigenvalue weighted by Crippen LogP contribution is -2.14. The molecule has 1 N–H and O–H groups in total. The van der Waals surface area contributed by atoms with Gasteiger partial charge < -0.3 is 5.32 Å². The van der Waals surface area contributed by atoms with E-state index in [0.717, 1.165) is 11.4 Å². The number of hydrogen-bond acceptors (Lipinski definition) is 2. The van der Waals surface area contributed by atoms with Crippen molar-refractivity contribution in [3.05, 3.63) is 11.4 Å². The van der Waals surface area contributed by atoms with Crippen molar-refractivity contribution in [2.45, 2.75) is 6.92 Å². The molecule has 1 rings (SSSR count). The molecule has 1 aliphatic rings. The average molecular weight is 96.1 g/mol. The molecule has 0 spiro atoms. The molecule has 0 aromatic rings. The fourth-order valence-corrected chi connectivity index (χ4v) is 0.504. The van der Waals surface area contributed by atoms with Crippen molar-refractivity contribution >= 4 is 6.21 Å². The van der Waals surface area contributed by atoms with Gasteiger partial charge in [-0.3, -0.25) is 4.99 Å². The fourth-order valence-electron chi connectivity index (χ4n) is 0.504. The van der Waals surface area contributed by atoms with E-state index in [4.69, 9.17) is 0 Å². The zero-order chi connectivity index (χ0) is 5.28. The van der Waals surface area contributed by atoms with Crippen molar-refractivity contribution in [3.8, 4) is 0 Å². The van der Waals surface area contributed by atoms with Crippen LogP contribution in [0.5, 0.6) is 0 Å². The lowest BCUT2D eigenvalue weighted by Gasteiger charge is -2.09. The number of rotatable bonds is 1. The molecule has 1 heterocycles. The zero-order valence-electron chi connectivity index (χ0n) is 4.52. The van der Waals surface area contributed by atoms with Crippen molar-refractivity contribution in [2.24, 2.45) is 4.99 Å². The lowest BCUT2D eigenvalue weighted by molar-refractivity contribution is 0.988. The lowest BCUT2D eigenvalue weighted by atomic mass is 10.3. The summed E-state index contributed by atoms with van der Waals surface area (Å²) >= 11 is 0. The van der Waals surface area contributed by atoms with Crippen molar-refractivity contribution in [3.63, 3.8) is 0 Å². The SMILES string of the molecule is CNC1=C(C)N=C1. The maximum absolute atomic E-state index is 3.91. The summed E-state index contributed by atoms with van der Waals surface area (Å²) in [6, 6.07) is 0. The normalized spacial score (nSPS) is 16.9. The molecule has 0 saturated heterocycles. The number of nitrogens with one attached hydrogen (secondary N) is 1. The summed E-state index contributed by atoms with van der Waals surface area (Å²) < 4.78 is 0. The summed E-state index contributed by atoms with van der Waals surface area (Å²) in [4.78, 5) is 3.91. The van der Waals surface area contributed by atoms with Crippen LogP contribution in [0.1, 0.15) is 6.92 Å². The van der Waals surface area contributed by atoms with Crippen molar-refractivity contribution in [1.82, 2.24) is 5.32 Å². The first-order chi connectivity index (χ1) is 3.34. The van der Waals surface area contributed by atoms with Crippen LogP contribution in [-0.2, 0) is 0 Å². The highest BCUT2D eigenvalue weighted by atomic mass is 14.9. The Morgan fingerprint density at radius 2 is 2.43 bits per heavy atom. The van der Waals surface area contributed by atoms with Gasteiger partial charge in [-0.05, 0) is 6.92 Å². The fraction of sp³-hybridized carbons (Fsp3) is 0.400. The molecule has 0 saturated carbocycles. The molecule has 7 heavy (non-hydrogen) atoms. The van der Waals surface area contributed by atoms with Gasteiger partial charge in [0, 0.05) is 7.05 Å². The minimum Gasteiger partial charge on any atom is -0.385 e. The van der Waals surface area contributed by atoms with E-state index in [9.17, 15) is 0 Å².